The van der Waals surface area contributed by atoms with Crippen LogP contribution in [-0.2, 0) is 0 Å². The van der Waals surface area contributed by atoms with Gasteiger partial charge in [-0.3, -0.25) is 4.57 Å². The molecule has 88 valence electrons. The monoisotopic (exact) mass is 253 g/mol. The highest BCUT2D eigenvalue weighted by atomic mass is 32.1. The van der Waals surface area contributed by atoms with E-state index in [0.717, 1.165) is 16.9 Å². The molecule has 0 unspecified atom stereocenters. The molecule has 1 aliphatic rings. The summed E-state index contributed by atoms with van der Waals surface area (Å²) in [6, 6.07) is 3.86. The van der Waals surface area contributed by atoms with E-state index in [1.807, 2.05) is 59.2 Å². The molecular weight excluding hydrogens is 242 g/mol. The largest absolute Gasteiger partial charge is 0.329 e. The van der Waals surface area contributed by atoms with Crippen molar-refractivity contribution in [3.8, 4) is 0 Å². The van der Waals surface area contributed by atoms with Crippen molar-refractivity contribution in [2.45, 2.75) is 0 Å². The van der Waals surface area contributed by atoms with Crippen LogP contribution in [0.5, 0.6) is 0 Å². The molecule has 3 rings (SSSR count). The summed E-state index contributed by atoms with van der Waals surface area (Å²) in [5.41, 5.74) is 2.78. The van der Waals surface area contributed by atoms with Crippen LogP contribution in [0.3, 0.4) is 0 Å². The molecule has 4 heteroatoms. The van der Waals surface area contributed by atoms with E-state index in [1.54, 1.807) is 6.20 Å². The van der Waals surface area contributed by atoms with Gasteiger partial charge in [-0.2, -0.15) is 0 Å². The standard InChI is InChI=1S/C14H11N3S/c18-14-16-12-9-6-10-15-13(12)17(14)11-7-4-2-1-3-5-8-11/h1-10H,(H,16,18)/b2-1-,3-1?,4-2?,5-3-,7-4?,8-5?,11-7?,11-8?. The Morgan fingerprint density at radius 1 is 1.11 bits per heavy atom. The first-order valence-corrected chi connectivity index (χ1v) is 6.05. The molecule has 1 N–H and O–H groups in total. The maximum Gasteiger partial charge on any atom is 0.183 e. The number of aromatic amines is 1. The third-order valence-electron chi connectivity index (χ3n) is 2.68. The average molecular weight is 253 g/mol. The van der Waals surface area contributed by atoms with Gasteiger partial charge in [-0.1, -0.05) is 30.4 Å². The van der Waals surface area contributed by atoms with E-state index in [4.69, 9.17) is 12.2 Å². The van der Waals surface area contributed by atoms with Crippen LogP contribution in [0, 0.1) is 4.77 Å². The molecule has 3 nitrogen and oxygen atoms in total. The lowest BCUT2D eigenvalue weighted by Gasteiger charge is -2.04. The molecule has 0 saturated carbocycles. The van der Waals surface area contributed by atoms with Gasteiger partial charge < -0.3 is 4.98 Å². The van der Waals surface area contributed by atoms with Gasteiger partial charge in [0.05, 0.1) is 5.52 Å². The molecule has 2 aromatic heterocycles. The Hall–Kier alpha value is -2.20. The van der Waals surface area contributed by atoms with Gasteiger partial charge in [-0.15, -0.1) is 0 Å². The SMILES string of the molecule is S=c1[nH]c2cccnc2n1C1=C/C=C\C=C/C=C1. The molecule has 0 fully saturated rings. The van der Waals surface area contributed by atoms with E-state index >= 15 is 0 Å². The first kappa shape index (κ1) is 10.9. The number of hydrogen-bond acceptors (Lipinski definition) is 2. The Kier molecular flexibility index (Phi) is 2.78. The number of pyridine rings is 1. The van der Waals surface area contributed by atoms with Crippen molar-refractivity contribution in [3.63, 3.8) is 0 Å². The second-order valence-corrected chi connectivity index (χ2v) is 4.25. The number of fused-ring (bicyclic) bond motifs is 1. The van der Waals surface area contributed by atoms with Gasteiger partial charge in [-0.05, 0) is 36.5 Å². The van der Waals surface area contributed by atoms with E-state index in [2.05, 4.69) is 9.97 Å². The first-order chi connectivity index (χ1) is 8.86. The number of imidazole rings is 1. The molecule has 18 heavy (non-hydrogen) atoms. The molecule has 0 bridgehead atoms. The number of nitrogens with one attached hydrogen (secondary N) is 1. The Morgan fingerprint density at radius 2 is 1.94 bits per heavy atom. The zero-order valence-electron chi connectivity index (χ0n) is 9.58. The number of rotatable bonds is 1. The smallest absolute Gasteiger partial charge is 0.183 e. The van der Waals surface area contributed by atoms with Gasteiger partial charge in [0.1, 0.15) is 0 Å². The van der Waals surface area contributed by atoms with Crippen molar-refractivity contribution in [2.75, 3.05) is 0 Å². The Bertz CT molecular complexity index is 757. The zero-order chi connectivity index (χ0) is 12.4. The fourth-order valence-corrected chi connectivity index (χ4v) is 2.19. The summed E-state index contributed by atoms with van der Waals surface area (Å²) in [5, 5.41) is 0. The molecular formula is C14H11N3S. The highest BCUT2D eigenvalue weighted by Gasteiger charge is 2.06. The summed E-state index contributed by atoms with van der Waals surface area (Å²) < 4.78 is 2.59. The fourth-order valence-electron chi connectivity index (χ4n) is 1.88. The summed E-state index contributed by atoms with van der Waals surface area (Å²) in [4.78, 5) is 7.54. The lowest BCUT2D eigenvalue weighted by atomic mass is 10.2. The molecule has 0 amide bonds. The van der Waals surface area contributed by atoms with E-state index in [9.17, 15) is 0 Å². The third-order valence-corrected chi connectivity index (χ3v) is 2.96. The van der Waals surface area contributed by atoms with Crippen molar-refractivity contribution in [1.29, 1.82) is 0 Å². The maximum atomic E-state index is 5.36. The topological polar surface area (TPSA) is 33.6 Å². The number of nitrogens with zero attached hydrogens (tertiary/aromatic N) is 2. The summed E-state index contributed by atoms with van der Waals surface area (Å²) in [6.45, 7) is 0. The van der Waals surface area contributed by atoms with Crippen LogP contribution in [0.1, 0.15) is 0 Å². The number of hydrogen-bond donors (Lipinski definition) is 1. The fraction of sp³-hybridized carbons (Fsp3) is 0. The average Bonchev–Trinajstić information content (AvgIpc) is 2.65. The minimum Gasteiger partial charge on any atom is -0.329 e. The molecule has 0 spiro atoms. The number of allylic oxidation sites excluding steroid dienone is 8. The lowest BCUT2D eigenvalue weighted by molar-refractivity contribution is 1.08. The van der Waals surface area contributed by atoms with Gasteiger partial charge in [0.2, 0.25) is 0 Å². The van der Waals surface area contributed by atoms with E-state index in [1.165, 1.54) is 0 Å². The molecule has 0 aromatic carbocycles. The molecule has 1 aliphatic carbocycles. The van der Waals surface area contributed by atoms with Crippen LogP contribution in [-0.4, -0.2) is 14.5 Å². The van der Waals surface area contributed by atoms with E-state index in [-0.39, 0.29) is 0 Å². The van der Waals surface area contributed by atoms with Gasteiger partial charge in [0.25, 0.3) is 0 Å². The van der Waals surface area contributed by atoms with Crippen LogP contribution in [0.4, 0.5) is 0 Å². The lowest BCUT2D eigenvalue weighted by Crippen LogP contribution is -1.96. The Balaban J connectivity index is 2.26. The molecule has 0 saturated heterocycles. The van der Waals surface area contributed by atoms with Gasteiger partial charge in [0, 0.05) is 11.9 Å². The minimum absolute atomic E-state index is 0.651. The molecule has 0 atom stereocenters. The van der Waals surface area contributed by atoms with Gasteiger partial charge in [0.15, 0.2) is 10.4 Å². The molecule has 2 aromatic rings. The predicted octanol–water partition coefficient (Wildman–Crippen LogP) is 3.62. The summed E-state index contributed by atoms with van der Waals surface area (Å²) in [5.74, 6) is 0. The maximum absolute atomic E-state index is 5.36. The van der Waals surface area contributed by atoms with Crippen molar-refractivity contribution in [1.82, 2.24) is 14.5 Å². The quantitative estimate of drug-likeness (QED) is 0.787. The highest BCUT2D eigenvalue weighted by Crippen LogP contribution is 2.18. The van der Waals surface area contributed by atoms with Crippen LogP contribution in [0.2, 0.25) is 0 Å². The van der Waals surface area contributed by atoms with Crippen LogP contribution >= 0.6 is 12.2 Å². The Morgan fingerprint density at radius 3 is 2.89 bits per heavy atom. The minimum atomic E-state index is 0.651. The van der Waals surface area contributed by atoms with Crippen molar-refractivity contribution >= 4 is 29.1 Å². The van der Waals surface area contributed by atoms with Crippen LogP contribution in [0.25, 0.3) is 16.9 Å². The van der Waals surface area contributed by atoms with Crippen molar-refractivity contribution < 1.29 is 0 Å². The van der Waals surface area contributed by atoms with Crippen LogP contribution in [0.15, 0.2) is 60.9 Å². The highest BCUT2D eigenvalue weighted by molar-refractivity contribution is 7.71. The number of aromatic nitrogens is 3. The summed E-state index contributed by atoms with van der Waals surface area (Å²) >= 11 is 5.36. The normalized spacial score (nSPS) is 18.1. The zero-order valence-corrected chi connectivity index (χ0v) is 10.4. The summed E-state index contributed by atoms with van der Waals surface area (Å²) in [6.07, 6.45) is 15.7. The first-order valence-electron chi connectivity index (χ1n) is 5.64. The summed E-state index contributed by atoms with van der Waals surface area (Å²) in [7, 11) is 0. The van der Waals surface area contributed by atoms with Crippen molar-refractivity contribution in [2.24, 2.45) is 0 Å². The van der Waals surface area contributed by atoms with Crippen molar-refractivity contribution in [3.05, 3.63) is 65.6 Å². The Labute approximate surface area is 109 Å². The molecule has 2 heterocycles. The van der Waals surface area contributed by atoms with Gasteiger partial charge >= 0.3 is 0 Å². The van der Waals surface area contributed by atoms with E-state index < -0.39 is 0 Å². The second kappa shape index (κ2) is 4.58. The predicted molar refractivity (Wildman–Crippen MR) is 76.6 cm³/mol. The van der Waals surface area contributed by atoms with Crippen LogP contribution < -0.4 is 0 Å². The molecule has 0 radical (unpaired) electrons. The van der Waals surface area contributed by atoms with Gasteiger partial charge in [-0.25, -0.2) is 4.98 Å². The third kappa shape index (κ3) is 1.87. The molecule has 0 aliphatic heterocycles. The second-order valence-electron chi connectivity index (χ2n) is 3.86. The van der Waals surface area contributed by atoms with E-state index in [0.29, 0.717) is 4.77 Å². The number of H-pyrrole nitrogens is 1.